The van der Waals surface area contributed by atoms with Gasteiger partial charge in [0.05, 0.1) is 23.8 Å². The smallest absolute Gasteiger partial charge is 0.388 e. The molecule has 2 unspecified atom stereocenters. The fourth-order valence-electron chi connectivity index (χ4n) is 4.81. The van der Waals surface area contributed by atoms with E-state index in [2.05, 4.69) is 15.4 Å². The summed E-state index contributed by atoms with van der Waals surface area (Å²) in [5, 5.41) is 17.6. The Morgan fingerprint density at radius 1 is 1.31 bits per heavy atom. The summed E-state index contributed by atoms with van der Waals surface area (Å²) in [6, 6.07) is 8.96. The van der Waals surface area contributed by atoms with Crippen LogP contribution in [0, 0.1) is 5.92 Å². The lowest BCUT2D eigenvalue weighted by Gasteiger charge is -2.32. The summed E-state index contributed by atoms with van der Waals surface area (Å²) in [5.41, 5.74) is 2.45. The molecular weight excluding hydrogens is 475 g/mol. The van der Waals surface area contributed by atoms with Crippen LogP contribution in [0.5, 0.6) is 0 Å². The Hall–Kier alpha value is -3.47. The van der Waals surface area contributed by atoms with Crippen molar-refractivity contribution in [1.29, 1.82) is 0 Å². The first-order valence-corrected chi connectivity index (χ1v) is 11.6. The second-order valence-corrected chi connectivity index (χ2v) is 9.29. The van der Waals surface area contributed by atoms with Crippen LogP contribution in [0.4, 0.5) is 13.2 Å². The Bertz CT molecular complexity index is 1220. The van der Waals surface area contributed by atoms with Crippen molar-refractivity contribution >= 4 is 23.6 Å². The molecule has 192 valence electrons. The lowest BCUT2D eigenvalue weighted by molar-refractivity contribution is -0.181. The third kappa shape index (κ3) is 5.20. The van der Waals surface area contributed by atoms with Gasteiger partial charge in [-0.05, 0) is 37.0 Å². The number of carbonyl (C=O) groups excluding carboxylic acids is 2. The average Bonchev–Trinajstić information content (AvgIpc) is 3.23. The van der Waals surface area contributed by atoms with E-state index in [1.165, 1.54) is 17.7 Å². The van der Waals surface area contributed by atoms with Gasteiger partial charge in [-0.25, -0.2) is 0 Å². The fraction of sp³-hybridized carbons (Fsp3) is 0.440. The number of allylic oxidation sites excluding steroid dienone is 1. The molecule has 1 aliphatic carbocycles. The third-order valence-corrected chi connectivity index (χ3v) is 6.46. The van der Waals surface area contributed by atoms with Gasteiger partial charge in [0.15, 0.2) is 0 Å². The topological polar surface area (TPSA) is 99.8 Å². The molecule has 8 nitrogen and oxygen atoms in total. The number of aliphatic hydroxyl groups is 1. The van der Waals surface area contributed by atoms with E-state index in [1.54, 1.807) is 18.2 Å². The van der Waals surface area contributed by atoms with Crippen LogP contribution in [0.2, 0.25) is 0 Å². The van der Waals surface area contributed by atoms with Crippen LogP contribution < -0.4 is 5.32 Å². The van der Waals surface area contributed by atoms with E-state index in [0.717, 1.165) is 11.1 Å². The molecule has 36 heavy (non-hydrogen) atoms. The van der Waals surface area contributed by atoms with Gasteiger partial charge in [0, 0.05) is 44.5 Å². The summed E-state index contributed by atoms with van der Waals surface area (Å²) in [6.07, 6.45) is -5.30. The maximum Gasteiger partial charge on any atom is 0.392 e. The molecule has 0 saturated carbocycles. The zero-order valence-electron chi connectivity index (χ0n) is 20.2. The summed E-state index contributed by atoms with van der Waals surface area (Å²) in [6.45, 7) is 3.85. The largest absolute Gasteiger partial charge is 0.392 e. The van der Waals surface area contributed by atoms with E-state index in [4.69, 9.17) is 0 Å². The van der Waals surface area contributed by atoms with E-state index in [0.29, 0.717) is 13.1 Å². The number of nitrogens with one attached hydrogen (secondary N) is 1. The van der Waals surface area contributed by atoms with Gasteiger partial charge in [-0.15, -0.1) is 0 Å². The molecule has 1 aliphatic heterocycles. The highest BCUT2D eigenvalue weighted by Crippen LogP contribution is 2.42. The van der Waals surface area contributed by atoms with Gasteiger partial charge in [0.2, 0.25) is 5.91 Å². The molecule has 0 spiro atoms. The molecule has 1 aromatic heterocycles. The minimum Gasteiger partial charge on any atom is -0.388 e. The van der Waals surface area contributed by atoms with Crippen LogP contribution in [0.3, 0.4) is 0 Å². The van der Waals surface area contributed by atoms with E-state index in [1.807, 2.05) is 31.2 Å². The summed E-state index contributed by atoms with van der Waals surface area (Å²) >= 11 is 0. The highest BCUT2D eigenvalue weighted by Gasteiger charge is 2.45. The number of aliphatic imine (C=N–C) groups is 1. The van der Waals surface area contributed by atoms with Crippen molar-refractivity contribution < 1.29 is 27.9 Å². The lowest BCUT2D eigenvalue weighted by atomic mass is 9.83. The van der Waals surface area contributed by atoms with Crippen LogP contribution in [0.15, 0.2) is 41.0 Å². The Kier molecular flexibility index (Phi) is 7.03. The molecule has 0 saturated heterocycles. The standard InChI is InChI=1S/C25H28F3N5O3/c1-14-12-32(13-17-6-4-16(5-7-17)11-29-3)24(36)21-10-20(31-33(14)21)23-19(30-15(2)34)8-18(9-22(23)35)25(26,27)28/h4-7,10-11,14,18,22,35H,8-9,12-13H2,1-3H3,(H,30,34)/t14-,18?,22?/m0/s1. The SMILES string of the molecule is CN=Cc1ccc(CN2C[C@H](C)n3nc(C4=C(NC(C)=O)CC(C(F)(F)F)CC4O)cc3C2=O)cc1. The molecule has 2 amide bonds. The Morgan fingerprint density at radius 2 is 2.00 bits per heavy atom. The van der Waals surface area contributed by atoms with Gasteiger partial charge in [-0.3, -0.25) is 19.3 Å². The molecule has 1 aromatic carbocycles. The van der Waals surface area contributed by atoms with Crippen molar-refractivity contribution in [3.63, 3.8) is 0 Å². The third-order valence-electron chi connectivity index (χ3n) is 6.46. The second-order valence-electron chi connectivity index (χ2n) is 9.29. The number of halogens is 3. The van der Waals surface area contributed by atoms with Crippen LogP contribution >= 0.6 is 0 Å². The lowest BCUT2D eigenvalue weighted by Crippen LogP contribution is -2.41. The number of rotatable bonds is 5. The number of amides is 2. The Labute approximate surface area is 206 Å². The summed E-state index contributed by atoms with van der Waals surface area (Å²) < 4.78 is 41.7. The van der Waals surface area contributed by atoms with Crippen LogP contribution in [0.1, 0.15) is 60.0 Å². The van der Waals surface area contributed by atoms with Crippen LogP contribution in [0.25, 0.3) is 5.57 Å². The summed E-state index contributed by atoms with van der Waals surface area (Å²) in [4.78, 5) is 30.7. The van der Waals surface area contributed by atoms with Crippen molar-refractivity contribution in [2.24, 2.45) is 10.9 Å². The van der Waals surface area contributed by atoms with Crippen LogP contribution in [-0.2, 0) is 11.3 Å². The van der Waals surface area contributed by atoms with Crippen molar-refractivity contribution in [1.82, 2.24) is 20.0 Å². The molecule has 0 fully saturated rings. The number of hydrogen-bond donors (Lipinski definition) is 2. The predicted molar refractivity (Wildman–Crippen MR) is 127 cm³/mol. The molecule has 4 rings (SSSR count). The normalized spacial score (nSPS) is 22.8. The second kappa shape index (κ2) is 9.88. The number of fused-ring (bicyclic) bond motifs is 1. The minimum atomic E-state index is -4.52. The van der Waals surface area contributed by atoms with E-state index < -0.39 is 36.9 Å². The number of alkyl halides is 3. The van der Waals surface area contributed by atoms with Crippen molar-refractivity contribution in [2.75, 3.05) is 13.6 Å². The number of hydrogen-bond acceptors (Lipinski definition) is 5. The Morgan fingerprint density at radius 3 is 2.61 bits per heavy atom. The molecule has 2 heterocycles. The van der Waals surface area contributed by atoms with Gasteiger partial charge < -0.3 is 15.3 Å². The number of carbonyl (C=O) groups is 2. The van der Waals surface area contributed by atoms with E-state index in [9.17, 15) is 27.9 Å². The van der Waals surface area contributed by atoms with Crippen molar-refractivity contribution in [3.05, 3.63) is 58.5 Å². The molecule has 11 heteroatoms. The van der Waals surface area contributed by atoms with E-state index in [-0.39, 0.29) is 34.6 Å². The minimum absolute atomic E-state index is 0.0216. The maximum atomic E-state index is 13.4. The molecule has 0 radical (unpaired) electrons. The fourth-order valence-corrected chi connectivity index (χ4v) is 4.81. The predicted octanol–water partition coefficient (Wildman–Crippen LogP) is 3.33. The maximum absolute atomic E-state index is 13.4. The van der Waals surface area contributed by atoms with Gasteiger partial charge >= 0.3 is 6.18 Å². The molecular formula is C25H28F3N5O3. The zero-order valence-corrected chi connectivity index (χ0v) is 20.2. The first kappa shape index (κ1) is 25.6. The molecule has 3 atom stereocenters. The quantitative estimate of drug-likeness (QED) is 0.612. The number of nitrogens with zero attached hydrogens (tertiary/aromatic N) is 4. The molecule has 2 N–H and O–H groups in total. The molecule has 2 aliphatic rings. The summed E-state index contributed by atoms with van der Waals surface area (Å²) in [7, 11) is 1.69. The first-order chi connectivity index (χ1) is 17.0. The van der Waals surface area contributed by atoms with Gasteiger partial charge in [-0.2, -0.15) is 18.3 Å². The molecule has 0 bridgehead atoms. The average molecular weight is 504 g/mol. The van der Waals surface area contributed by atoms with Gasteiger partial charge in [0.25, 0.3) is 5.91 Å². The number of aromatic nitrogens is 2. The Balaban J connectivity index is 1.65. The van der Waals surface area contributed by atoms with Gasteiger partial charge in [0.1, 0.15) is 5.69 Å². The van der Waals surface area contributed by atoms with E-state index >= 15 is 0 Å². The van der Waals surface area contributed by atoms with Crippen molar-refractivity contribution in [3.8, 4) is 0 Å². The molecule has 2 aromatic rings. The highest BCUT2D eigenvalue weighted by atomic mass is 19.4. The monoisotopic (exact) mass is 503 g/mol. The van der Waals surface area contributed by atoms with Crippen LogP contribution in [-0.4, -0.2) is 63.7 Å². The summed E-state index contributed by atoms with van der Waals surface area (Å²) in [5.74, 6) is -2.61. The number of aliphatic hydroxyl groups excluding tert-OH is 1. The highest BCUT2D eigenvalue weighted by molar-refractivity contribution is 5.94. The van der Waals surface area contributed by atoms with Crippen molar-refractivity contribution in [2.45, 2.75) is 51.6 Å². The first-order valence-electron chi connectivity index (χ1n) is 11.6. The van der Waals surface area contributed by atoms with Gasteiger partial charge in [-0.1, -0.05) is 24.3 Å². The number of benzene rings is 1. The zero-order chi connectivity index (χ0) is 26.2.